The minimum Gasteiger partial charge on any atom is -0.396 e. The van der Waals surface area contributed by atoms with Crippen LogP contribution in [0.2, 0.25) is 0 Å². The summed E-state index contributed by atoms with van der Waals surface area (Å²) in [6.45, 7) is 5.55. The highest BCUT2D eigenvalue weighted by molar-refractivity contribution is 4.93. The smallest absolute Gasteiger partial charge is 0.0431 e. The van der Waals surface area contributed by atoms with Crippen molar-refractivity contribution in [3.8, 4) is 0 Å². The molecular formula is C16H34N2O. The topological polar surface area (TPSA) is 58.3 Å². The van der Waals surface area contributed by atoms with Gasteiger partial charge in [-0.2, -0.15) is 0 Å². The van der Waals surface area contributed by atoms with Gasteiger partial charge in [0, 0.05) is 24.7 Å². The molecule has 3 atom stereocenters. The molecule has 0 spiro atoms. The van der Waals surface area contributed by atoms with E-state index in [1.807, 2.05) is 0 Å². The maximum Gasteiger partial charge on any atom is 0.0431 e. The summed E-state index contributed by atoms with van der Waals surface area (Å²) < 4.78 is 0. The molecule has 3 nitrogen and oxygen atoms in total. The van der Waals surface area contributed by atoms with Crippen LogP contribution in [0.1, 0.15) is 71.6 Å². The second kappa shape index (κ2) is 8.93. The van der Waals surface area contributed by atoms with Crippen LogP contribution in [-0.2, 0) is 0 Å². The Kier molecular flexibility index (Phi) is 7.96. The van der Waals surface area contributed by atoms with Crippen LogP contribution in [0.4, 0.5) is 0 Å². The summed E-state index contributed by atoms with van der Waals surface area (Å²) in [6, 6.07) is 0.457. The number of hydrogen-bond donors (Lipinski definition) is 3. The van der Waals surface area contributed by atoms with Crippen LogP contribution in [0, 0.1) is 5.92 Å². The van der Waals surface area contributed by atoms with Crippen molar-refractivity contribution in [3.63, 3.8) is 0 Å². The van der Waals surface area contributed by atoms with Crippen LogP contribution in [0.5, 0.6) is 0 Å². The molecule has 0 radical (unpaired) electrons. The van der Waals surface area contributed by atoms with Crippen molar-refractivity contribution < 1.29 is 5.11 Å². The summed E-state index contributed by atoms with van der Waals surface area (Å²) in [5.74, 6) is 0.910. The zero-order valence-corrected chi connectivity index (χ0v) is 13.0. The summed E-state index contributed by atoms with van der Waals surface area (Å²) in [7, 11) is 0. The van der Waals surface area contributed by atoms with Gasteiger partial charge in [-0.05, 0) is 44.9 Å². The second-order valence-corrected chi connectivity index (χ2v) is 6.48. The van der Waals surface area contributed by atoms with E-state index < -0.39 is 0 Å². The first-order valence-electron chi connectivity index (χ1n) is 8.24. The van der Waals surface area contributed by atoms with Gasteiger partial charge in [-0.15, -0.1) is 0 Å². The molecule has 0 aromatic carbocycles. The molecular weight excluding hydrogens is 236 g/mol. The van der Waals surface area contributed by atoms with Gasteiger partial charge in [-0.1, -0.05) is 32.6 Å². The van der Waals surface area contributed by atoms with Gasteiger partial charge < -0.3 is 16.2 Å². The summed E-state index contributed by atoms with van der Waals surface area (Å²) >= 11 is 0. The van der Waals surface area contributed by atoms with Crippen molar-refractivity contribution in [1.29, 1.82) is 0 Å². The van der Waals surface area contributed by atoms with E-state index in [0.29, 0.717) is 12.6 Å². The molecule has 0 bridgehead atoms. The number of hydrogen-bond acceptors (Lipinski definition) is 3. The lowest BCUT2D eigenvalue weighted by molar-refractivity contribution is 0.235. The molecule has 0 aromatic heterocycles. The first kappa shape index (κ1) is 16.9. The molecule has 1 saturated carbocycles. The molecule has 4 N–H and O–H groups in total. The van der Waals surface area contributed by atoms with Gasteiger partial charge in [-0.3, -0.25) is 0 Å². The molecule has 0 aliphatic heterocycles. The van der Waals surface area contributed by atoms with Crippen LogP contribution in [-0.4, -0.2) is 29.8 Å². The summed E-state index contributed by atoms with van der Waals surface area (Å²) in [5, 5.41) is 12.7. The highest BCUT2D eigenvalue weighted by Gasteiger charge is 2.32. The minimum atomic E-state index is 0.150. The number of rotatable bonds is 8. The fourth-order valence-corrected chi connectivity index (χ4v) is 3.58. The monoisotopic (exact) mass is 270 g/mol. The Labute approximate surface area is 119 Å². The minimum absolute atomic E-state index is 0.150. The largest absolute Gasteiger partial charge is 0.396 e. The van der Waals surface area contributed by atoms with E-state index in [-0.39, 0.29) is 5.54 Å². The van der Waals surface area contributed by atoms with Gasteiger partial charge in [0.1, 0.15) is 0 Å². The lowest BCUT2D eigenvalue weighted by atomic mass is 9.88. The van der Waals surface area contributed by atoms with E-state index in [2.05, 4.69) is 19.2 Å². The highest BCUT2D eigenvalue weighted by Crippen LogP contribution is 2.32. The number of nitrogens with one attached hydrogen (secondary N) is 1. The van der Waals surface area contributed by atoms with Crippen molar-refractivity contribution in [1.82, 2.24) is 5.32 Å². The summed E-state index contributed by atoms with van der Waals surface area (Å²) in [6.07, 6.45) is 11.0. The third-order valence-electron chi connectivity index (χ3n) is 4.73. The van der Waals surface area contributed by atoms with Crippen LogP contribution >= 0.6 is 0 Å². The van der Waals surface area contributed by atoms with E-state index in [9.17, 15) is 0 Å². The van der Waals surface area contributed by atoms with Crippen molar-refractivity contribution in [3.05, 3.63) is 0 Å². The molecule has 1 aliphatic carbocycles. The van der Waals surface area contributed by atoms with Crippen molar-refractivity contribution in [2.45, 2.75) is 83.2 Å². The van der Waals surface area contributed by atoms with E-state index >= 15 is 0 Å². The van der Waals surface area contributed by atoms with E-state index in [0.717, 1.165) is 25.3 Å². The molecule has 1 rings (SSSR count). The molecule has 0 heterocycles. The van der Waals surface area contributed by atoms with Gasteiger partial charge in [0.05, 0.1) is 0 Å². The summed E-state index contributed by atoms with van der Waals surface area (Å²) in [5.41, 5.74) is 6.24. The fourth-order valence-electron chi connectivity index (χ4n) is 3.58. The quantitative estimate of drug-likeness (QED) is 0.594. The molecule has 0 saturated heterocycles. The first-order valence-corrected chi connectivity index (χ1v) is 8.24. The van der Waals surface area contributed by atoms with E-state index in [1.165, 1.54) is 44.9 Å². The van der Waals surface area contributed by atoms with E-state index in [4.69, 9.17) is 10.8 Å². The molecule has 1 aliphatic rings. The Morgan fingerprint density at radius 3 is 2.79 bits per heavy atom. The molecule has 0 aromatic rings. The molecule has 1 fully saturated rings. The molecule has 19 heavy (non-hydrogen) atoms. The normalized spacial score (nSPS) is 30.0. The standard InChI is InChI=1S/C16H34N2O/c1-3-6-15-8-4-10-16(13-17,11-9-15)18-14(2)7-5-12-19/h14-15,18-19H,3-13,17H2,1-2H3. The van der Waals surface area contributed by atoms with Gasteiger partial charge in [0.15, 0.2) is 0 Å². The zero-order valence-electron chi connectivity index (χ0n) is 13.0. The van der Waals surface area contributed by atoms with Crippen molar-refractivity contribution in [2.24, 2.45) is 11.7 Å². The van der Waals surface area contributed by atoms with Crippen LogP contribution < -0.4 is 11.1 Å². The summed E-state index contributed by atoms with van der Waals surface area (Å²) in [4.78, 5) is 0. The van der Waals surface area contributed by atoms with Crippen LogP contribution in [0.25, 0.3) is 0 Å². The fraction of sp³-hybridized carbons (Fsp3) is 1.00. The predicted octanol–water partition coefficient (Wildman–Crippen LogP) is 2.81. The zero-order chi connectivity index (χ0) is 14.1. The van der Waals surface area contributed by atoms with Gasteiger partial charge in [0.25, 0.3) is 0 Å². The van der Waals surface area contributed by atoms with Crippen molar-refractivity contribution in [2.75, 3.05) is 13.2 Å². The number of aliphatic hydroxyl groups is 1. The molecule has 3 unspecified atom stereocenters. The highest BCUT2D eigenvalue weighted by atomic mass is 16.2. The van der Waals surface area contributed by atoms with Gasteiger partial charge >= 0.3 is 0 Å². The Balaban J connectivity index is 2.49. The van der Waals surface area contributed by atoms with E-state index in [1.54, 1.807) is 0 Å². The number of nitrogens with two attached hydrogens (primary N) is 1. The lowest BCUT2D eigenvalue weighted by Gasteiger charge is -2.36. The second-order valence-electron chi connectivity index (χ2n) is 6.48. The molecule has 114 valence electrons. The van der Waals surface area contributed by atoms with Crippen LogP contribution in [0.3, 0.4) is 0 Å². The Bertz CT molecular complexity index is 235. The van der Waals surface area contributed by atoms with Crippen LogP contribution in [0.15, 0.2) is 0 Å². The Hall–Kier alpha value is -0.120. The average molecular weight is 270 g/mol. The predicted molar refractivity (Wildman–Crippen MR) is 82.2 cm³/mol. The maximum absolute atomic E-state index is 8.93. The SMILES string of the molecule is CCCC1CCCC(CN)(NC(C)CCCO)CC1. The van der Waals surface area contributed by atoms with Crippen molar-refractivity contribution >= 4 is 0 Å². The number of aliphatic hydroxyl groups excluding tert-OH is 1. The Morgan fingerprint density at radius 2 is 2.16 bits per heavy atom. The van der Waals surface area contributed by atoms with Gasteiger partial charge in [-0.25, -0.2) is 0 Å². The average Bonchev–Trinajstić information content (AvgIpc) is 2.60. The maximum atomic E-state index is 8.93. The molecule has 3 heteroatoms. The third-order valence-corrected chi connectivity index (χ3v) is 4.73. The third kappa shape index (κ3) is 5.80. The lowest BCUT2D eigenvalue weighted by Crippen LogP contribution is -2.54. The van der Waals surface area contributed by atoms with Gasteiger partial charge in [0.2, 0.25) is 0 Å². The molecule has 0 amide bonds. The first-order chi connectivity index (χ1) is 9.15. The Morgan fingerprint density at radius 1 is 1.37 bits per heavy atom.